The first-order valence-electron chi connectivity index (χ1n) is 7.65. The summed E-state index contributed by atoms with van der Waals surface area (Å²) in [5, 5.41) is 6.76. The van der Waals surface area contributed by atoms with Crippen LogP contribution in [0, 0.1) is 0 Å². The Balaban J connectivity index is 1.79. The lowest BCUT2D eigenvalue weighted by atomic mass is 10.2. The third-order valence-corrected chi connectivity index (χ3v) is 4.42. The highest BCUT2D eigenvalue weighted by Gasteiger charge is 2.20. The van der Waals surface area contributed by atoms with Crippen molar-refractivity contribution < 1.29 is 0 Å². The van der Waals surface area contributed by atoms with Crippen LogP contribution in [-0.2, 0) is 0 Å². The third-order valence-electron chi connectivity index (χ3n) is 3.59. The number of benzene rings is 1. The van der Waals surface area contributed by atoms with Crippen LogP contribution in [0.4, 0.5) is 0 Å². The molecule has 4 rings (SSSR count). The van der Waals surface area contributed by atoms with Crippen LogP contribution in [0.5, 0.6) is 0 Å². The molecule has 0 amide bonds. The average molecular weight is 320 g/mol. The van der Waals surface area contributed by atoms with Crippen molar-refractivity contribution in [2.24, 2.45) is 10.1 Å². The fourth-order valence-electron chi connectivity index (χ4n) is 2.24. The van der Waals surface area contributed by atoms with Crippen LogP contribution in [0.3, 0.4) is 0 Å². The van der Waals surface area contributed by atoms with E-state index in [1.54, 1.807) is 23.7 Å². The largest absolute Gasteiger partial charge is 0.255 e. The average Bonchev–Trinajstić information content (AvgIpc) is 3.34. The Morgan fingerprint density at radius 3 is 2.65 bits per heavy atom. The van der Waals surface area contributed by atoms with Crippen molar-refractivity contribution in [3.05, 3.63) is 70.6 Å². The number of nitrogens with zero attached hydrogens (tertiary/aromatic N) is 4. The van der Waals surface area contributed by atoms with Gasteiger partial charge in [-0.25, -0.2) is 4.68 Å². The van der Waals surface area contributed by atoms with Gasteiger partial charge in [0.25, 0.3) is 0 Å². The minimum Gasteiger partial charge on any atom is -0.255 e. The molecule has 23 heavy (non-hydrogen) atoms. The molecule has 0 aliphatic heterocycles. The highest BCUT2D eigenvalue weighted by atomic mass is 32.1. The van der Waals surface area contributed by atoms with Gasteiger partial charge in [0.05, 0.1) is 23.6 Å². The summed E-state index contributed by atoms with van der Waals surface area (Å²) in [5.74, 6) is 0. The van der Waals surface area contributed by atoms with Gasteiger partial charge in [-0.3, -0.25) is 9.98 Å². The van der Waals surface area contributed by atoms with E-state index in [4.69, 9.17) is 4.99 Å². The number of aromatic nitrogens is 2. The van der Waals surface area contributed by atoms with Gasteiger partial charge in [-0.2, -0.15) is 5.10 Å². The summed E-state index contributed by atoms with van der Waals surface area (Å²) in [6.45, 7) is 0. The van der Waals surface area contributed by atoms with Gasteiger partial charge >= 0.3 is 0 Å². The molecular weight excluding hydrogens is 304 g/mol. The number of rotatable bonds is 4. The molecule has 0 bridgehead atoms. The second kappa shape index (κ2) is 6.30. The van der Waals surface area contributed by atoms with E-state index in [0.717, 1.165) is 21.8 Å². The summed E-state index contributed by atoms with van der Waals surface area (Å²) in [5.41, 5.74) is 3.03. The Hall–Kier alpha value is -2.53. The minimum absolute atomic E-state index is 0.466. The number of thiazole rings is 1. The van der Waals surface area contributed by atoms with Crippen molar-refractivity contribution >= 4 is 17.6 Å². The SMILES string of the molecule is C(=N\n1c(-c2ccccc2)csc1=NC1CC1)/c1ccccn1. The first kappa shape index (κ1) is 14.1. The molecule has 1 aromatic carbocycles. The van der Waals surface area contributed by atoms with Crippen molar-refractivity contribution in [2.75, 3.05) is 0 Å². The second-order valence-corrected chi connectivity index (χ2v) is 6.28. The van der Waals surface area contributed by atoms with E-state index in [1.165, 1.54) is 12.8 Å². The molecule has 3 aromatic rings. The zero-order valence-corrected chi connectivity index (χ0v) is 13.4. The van der Waals surface area contributed by atoms with E-state index >= 15 is 0 Å². The molecule has 4 nitrogen and oxygen atoms in total. The third kappa shape index (κ3) is 3.29. The summed E-state index contributed by atoms with van der Waals surface area (Å²) in [6.07, 6.45) is 5.92. The summed E-state index contributed by atoms with van der Waals surface area (Å²) in [6, 6.07) is 16.6. The van der Waals surface area contributed by atoms with Crippen LogP contribution in [0.2, 0.25) is 0 Å². The Bertz CT molecular complexity index is 874. The van der Waals surface area contributed by atoms with Gasteiger partial charge in [-0.1, -0.05) is 36.4 Å². The monoisotopic (exact) mass is 320 g/mol. The van der Waals surface area contributed by atoms with E-state index in [1.807, 2.05) is 41.1 Å². The lowest BCUT2D eigenvalue weighted by Gasteiger charge is -2.03. The van der Waals surface area contributed by atoms with Crippen LogP contribution < -0.4 is 4.80 Å². The molecule has 1 aliphatic carbocycles. The van der Waals surface area contributed by atoms with Crippen molar-refractivity contribution in [3.8, 4) is 11.3 Å². The Kier molecular flexibility index (Phi) is 3.86. The van der Waals surface area contributed by atoms with Gasteiger partial charge in [-0.15, -0.1) is 11.3 Å². The minimum atomic E-state index is 0.466. The van der Waals surface area contributed by atoms with Crippen molar-refractivity contribution in [3.63, 3.8) is 0 Å². The van der Waals surface area contributed by atoms with Gasteiger partial charge in [0.1, 0.15) is 0 Å². The molecule has 2 heterocycles. The number of hydrogen-bond donors (Lipinski definition) is 0. The lowest BCUT2D eigenvalue weighted by Crippen LogP contribution is -2.13. The van der Waals surface area contributed by atoms with Crippen molar-refractivity contribution in [1.82, 2.24) is 9.66 Å². The van der Waals surface area contributed by atoms with Crippen LogP contribution in [-0.4, -0.2) is 21.9 Å². The molecule has 114 valence electrons. The molecule has 0 saturated heterocycles. The van der Waals surface area contributed by atoms with Gasteiger partial charge in [0.15, 0.2) is 0 Å². The zero-order chi connectivity index (χ0) is 15.5. The van der Waals surface area contributed by atoms with E-state index in [-0.39, 0.29) is 0 Å². The molecule has 1 saturated carbocycles. The highest BCUT2D eigenvalue weighted by molar-refractivity contribution is 7.07. The zero-order valence-electron chi connectivity index (χ0n) is 12.5. The molecule has 5 heteroatoms. The normalized spacial score (nSPS) is 15.4. The summed E-state index contributed by atoms with van der Waals surface area (Å²) >= 11 is 1.64. The van der Waals surface area contributed by atoms with Gasteiger partial charge in [0.2, 0.25) is 4.80 Å². The maximum absolute atomic E-state index is 4.78. The molecule has 1 aliphatic rings. The Labute approximate surface area is 138 Å². The van der Waals surface area contributed by atoms with E-state index in [2.05, 4.69) is 27.6 Å². The number of hydrogen-bond acceptors (Lipinski definition) is 4. The first-order valence-corrected chi connectivity index (χ1v) is 8.53. The summed E-state index contributed by atoms with van der Waals surface area (Å²) < 4.78 is 1.92. The number of pyridine rings is 1. The fourth-order valence-corrected chi connectivity index (χ4v) is 3.14. The van der Waals surface area contributed by atoms with E-state index in [9.17, 15) is 0 Å². The van der Waals surface area contributed by atoms with Gasteiger partial charge in [-0.05, 0) is 25.0 Å². The van der Waals surface area contributed by atoms with Crippen molar-refractivity contribution in [1.29, 1.82) is 0 Å². The molecule has 2 aromatic heterocycles. The maximum atomic E-state index is 4.78. The molecule has 0 spiro atoms. The van der Waals surface area contributed by atoms with Crippen LogP contribution in [0.15, 0.2) is 70.2 Å². The van der Waals surface area contributed by atoms with Crippen LogP contribution in [0.25, 0.3) is 11.3 Å². The summed E-state index contributed by atoms with van der Waals surface area (Å²) in [7, 11) is 0. The quantitative estimate of drug-likeness (QED) is 0.678. The summed E-state index contributed by atoms with van der Waals surface area (Å²) in [4.78, 5) is 10.0. The van der Waals surface area contributed by atoms with E-state index < -0.39 is 0 Å². The lowest BCUT2D eigenvalue weighted by molar-refractivity contribution is 0.822. The highest BCUT2D eigenvalue weighted by Crippen LogP contribution is 2.24. The molecule has 0 atom stereocenters. The Morgan fingerprint density at radius 1 is 1.09 bits per heavy atom. The van der Waals surface area contributed by atoms with Crippen LogP contribution in [0.1, 0.15) is 18.5 Å². The van der Waals surface area contributed by atoms with Gasteiger partial charge < -0.3 is 0 Å². The van der Waals surface area contributed by atoms with Crippen LogP contribution >= 0.6 is 11.3 Å². The molecule has 1 fully saturated rings. The standard InChI is InChI=1S/C18H16N4S/c1-2-6-14(7-3-1)17-13-23-18(21-15-9-10-15)22(17)20-12-16-8-4-5-11-19-16/h1-8,11-13,15H,9-10H2/b20-12+,21-18?. The van der Waals surface area contributed by atoms with E-state index in [0.29, 0.717) is 6.04 Å². The smallest absolute Gasteiger partial charge is 0.206 e. The maximum Gasteiger partial charge on any atom is 0.206 e. The Morgan fingerprint density at radius 2 is 1.91 bits per heavy atom. The molecule has 0 radical (unpaired) electrons. The second-order valence-electron chi connectivity index (χ2n) is 5.44. The van der Waals surface area contributed by atoms with Gasteiger partial charge in [0, 0.05) is 17.1 Å². The first-order chi connectivity index (χ1) is 11.4. The predicted octanol–water partition coefficient (Wildman–Crippen LogP) is 3.56. The molecule has 0 unspecified atom stereocenters. The topological polar surface area (TPSA) is 42.5 Å². The predicted molar refractivity (Wildman–Crippen MR) is 93.6 cm³/mol. The molecular formula is C18H16N4S. The fraction of sp³-hybridized carbons (Fsp3) is 0.167. The van der Waals surface area contributed by atoms with Crippen molar-refractivity contribution in [2.45, 2.75) is 18.9 Å². The molecule has 0 N–H and O–H groups in total.